The van der Waals surface area contributed by atoms with Crippen LogP contribution in [-0.4, -0.2) is 32.4 Å². The molecule has 5 rings (SSSR count). The Morgan fingerprint density at radius 2 is 1.77 bits per heavy atom. The topological polar surface area (TPSA) is 99.9 Å². The summed E-state index contributed by atoms with van der Waals surface area (Å²) in [5.74, 6) is -3.20. The van der Waals surface area contributed by atoms with Crippen LogP contribution in [0.4, 0.5) is 13.2 Å². The Labute approximate surface area is 202 Å². The Hall–Kier alpha value is -3.14. The minimum atomic E-state index is -4.60. The third-order valence-corrected chi connectivity index (χ3v) is 7.13. The molecular weight excluding hydrogens is 487 g/mol. The molecule has 5 atom stereocenters. The van der Waals surface area contributed by atoms with Gasteiger partial charge in [-0.25, -0.2) is 0 Å². The average Bonchev–Trinajstić information content (AvgIpc) is 3.16. The van der Waals surface area contributed by atoms with Crippen molar-refractivity contribution in [3.05, 3.63) is 94.3 Å². The molecule has 2 aliphatic rings. The van der Waals surface area contributed by atoms with Crippen LogP contribution >= 0.6 is 11.6 Å². The highest BCUT2D eigenvalue weighted by molar-refractivity contribution is 6.30. The van der Waals surface area contributed by atoms with E-state index in [0.717, 1.165) is 12.1 Å². The Morgan fingerprint density at radius 1 is 1.11 bits per heavy atom. The molecular formula is C25H19ClF3NO5. The summed E-state index contributed by atoms with van der Waals surface area (Å²) >= 11 is 6.09. The number of aromatic nitrogens is 1. The number of fused-ring (bicyclic) bond motifs is 3. The third kappa shape index (κ3) is 3.33. The first-order valence-electron chi connectivity index (χ1n) is 10.7. The molecule has 2 aromatic carbocycles. The lowest BCUT2D eigenvalue weighted by Crippen LogP contribution is -2.52. The number of alkyl halides is 3. The summed E-state index contributed by atoms with van der Waals surface area (Å²) in [6.45, 7) is 0. The van der Waals surface area contributed by atoms with Gasteiger partial charge in [0.2, 0.25) is 0 Å². The van der Waals surface area contributed by atoms with Gasteiger partial charge in [0.15, 0.2) is 11.2 Å². The minimum absolute atomic E-state index is 0.0497. The molecule has 0 saturated heterocycles. The Balaban J connectivity index is 1.81. The van der Waals surface area contributed by atoms with E-state index in [1.54, 1.807) is 30.3 Å². The van der Waals surface area contributed by atoms with Crippen molar-refractivity contribution in [1.82, 2.24) is 4.98 Å². The van der Waals surface area contributed by atoms with E-state index in [1.807, 2.05) is 0 Å². The number of aliphatic carboxylic acids is 1. The number of hydrogen-bond acceptors (Lipinski definition) is 5. The number of pyridine rings is 1. The van der Waals surface area contributed by atoms with Crippen LogP contribution < -0.4 is 4.74 Å². The van der Waals surface area contributed by atoms with Crippen molar-refractivity contribution in [3.63, 3.8) is 0 Å². The van der Waals surface area contributed by atoms with Crippen molar-refractivity contribution in [1.29, 1.82) is 0 Å². The molecule has 0 amide bonds. The second-order valence-corrected chi connectivity index (χ2v) is 9.21. The predicted molar refractivity (Wildman–Crippen MR) is 118 cm³/mol. The molecule has 0 radical (unpaired) electrons. The fourth-order valence-electron chi connectivity index (χ4n) is 5.60. The fourth-order valence-corrected chi connectivity index (χ4v) is 5.75. The normalized spacial score (nSPS) is 29.4. The van der Waals surface area contributed by atoms with Crippen LogP contribution in [0.25, 0.3) is 0 Å². The monoisotopic (exact) mass is 505 g/mol. The standard InChI is InChI=1S/C25H19ClF3NO5/c26-16-10-18-21(30-12-16)23(34)22(33)17(11-19(31)32)20(13-4-2-1-3-5-13)24(23,35-18)14-6-8-15(9-7-14)25(27,28)29/h1-10,12,17,20,22,33-34H,11H2,(H,31,32)/t17-,20-,22-,23+,24+/m1/s1. The maximum Gasteiger partial charge on any atom is 0.416 e. The van der Waals surface area contributed by atoms with Crippen LogP contribution in [0, 0.1) is 5.92 Å². The first-order chi connectivity index (χ1) is 16.5. The Kier molecular flexibility index (Phi) is 5.35. The second kappa shape index (κ2) is 7.94. The number of nitrogens with zero attached hydrogens (tertiary/aromatic N) is 1. The van der Waals surface area contributed by atoms with Crippen molar-refractivity contribution in [3.8, 4) is 5.75 Å². The van der Waals surface area contributed by atoms with E-state index >= 15 is 0 Å². The van der Waals surface area contributed by atoms with Crippen molar-refractivity contribution in [2.75, 3.05) is 0 Å². The first kappa shape index (κ1) is 23.6. The van der Waals surface area contributed by atoms with E-state index in [-0.39, 0.29) is 22.0 Å². The summed E-state index contributed by atoms with van der Waals surface area (Å²) < 4.78 is 46.2. The van der Waals surface area contributed by atoms with Gasteiger partial charge < -0.3 is 20.1 Å². The van der Waals surface area contributed by atoms with Gasteiger partial charge in [0.05, 0.1) is 23.1 Å². The zero-order valence-electron chi connectivity index (χ0n) is 17.9. The van der Waals surface area contributed by atoms with Gasteiger partial charge >= 0.3 is 12.1 Å². The number of halogens is 4. The van der Waals surface area contributed by atoms with Gasteiger partial charge in [-0.3, -0.25) is 9.78 Å². The highest BCUT2D eigenvalue weighted by Crippen LogP contribution is 2.68. The number of rotatable bonds is 4. The molecule has 1 aliphatic heterocycles. The van der Waals surface area contributed by atoms with E-state index in [0.29, 0.717) is 5.56 Å². The van der Waals surface area contributed by atoms with Gasteiger partial charge in [-0.15, -0.1) is 0 Å². The summed E-state index contributed by atoms with van der Waals surface area (Å²) in [4.78, 5) is 16.0. The van der Waals surface area contributed by atoms with Crippen molar-refractivity contribution in [2.24, 2.45) is 5.92 Å². The summed E-state index contributed by atoms with van der Waals surface area (Å²) in [6.07, 6.45) is -5.56. The third-order valence-electron chi connectivity index (χ3n) is 6.93. The van der Waals surface area contributed by atoms with Gasteiger partial charge in [0, 0.05) is 24.1 Å². The molecule has 3 N–H and O–H groups in total. The van der Waals surface area contributed by atoms with Crippen LogP contribution in [-0.2, 0) is 22.2 Å². The number of aliphatic hydroxyl groups is 2. The van der Waals surface area contributed by atoms with Crippen LogP contribution in [0.1, 0.15) is 34.7 Å². The number of carboxylic acids is 1. The maximum absolute atomic E-state index is 13.3. The minimum Gasteiger partial charge on any atom is -0.481 e. The van der Waals surface area contributed by atoms with Crippen molar-refractivity contribution < 1.29 is 38.0 Å². The van der Waals surface area contributed by atoms with E-state index in [4.69, 9.17) is 16.3 Å². The Morgan fingerprint density at radius 3 is 2.37 bits per heavy atom. The molecule has 2 heterocycles. The summed E-state index contributed by atoms with van der Waals surface area (Å²) in [5, 5.41) is 33.5. The van der Waals surface area contributed by atoms with Gasteiger partial charge in [-0.2, -0.15) is 13.2 Å². The van der Waals surface area contributed by atoms with E-state index in [2.05, 4.69) is 4.98 Å². The lowest BCUT2D eigenvalue weighted by molar-refractivity contribution is -0.155. The number of carbonyl (C=O) groups is 1. The summed E-state index contributed by atoms with van der Waals surface area (Å²) in [6, 6.07) is 14.0. The first-order valence-corrected chi connectivity index (χ1v) is 11.1. The van der Waals surface area contributed by atoms with E-state index in [1.165, 1.54) is 24.4 Å². The van der Waals surface area contributed by atoms with Gasteiger partial charge in [-0.05, 0) is 23.3 Å². The lowest BCUT2D eigenvalue weighted by Gasteiger charge is -2.40. The number of carboxylic acid groups (broad SMARTS) is 1. The van der Waals surface area contributed by atoms with Crippen LogP contribution in [0.2, 0.25) is 5.02 Å². The number of aliphatic hydroxyl groups excluding tert-OH is 1. The molecule has 10 heteroatoms. The molecule has 1 aromatic heterocycles. The molecule has 6 nitrogen and oxygen atoms in total. The zero-order valence-corrected chi connectivity index (χ0v) is 18.7. The molecule has 3 aromatic rings. The maximum atomic E-state index is 13.3. The van der Waals surface area contributed by atoms with E-state index < -0.39 is 53.3 Å². The summed E-state index contributed by atoms with van der Waals surface area (Å²) in [5.41, 5.74) is -4.49. The van der Waals surface area contributed by atoms with Crippen LogP contribution in [0.15, 0.2) is 66.9 Å². The quantitative estimate of drug-likeness (QED) is 0.483. The number of benzene rings is 2. The highest BCUT2D eigenvalue weighted by Gasteiger charge is 2.76. The largest absolute Gasteiger partial charge is 0.481 e. The smallest absolute Gasteiger partial charge is 0.416 e. The fraction of sp³-hybridized carbons (Fsp3) is 0.280. The molecule has 0 unspecified atom stereocenters. The molecule has 35 heavy (non-hydrogen) atoms. The SMILES string of the molecule is O=C(O)C[C@H]1[C@@H](O)[C@@]2(O)c3ncc(Cl)cc3O[C@@]2(c2ccc(C(F)(F)F)cc2)[C@@H]1c1ccccc1. The van der Waals surface area contributed by atoms with Crippen LogP contribution in [0.5, 0.6) is 5.75 Å². The molecule has 0 bridgehead atoms. The van der Waals surface area contributed by atoms with Gasteiger partial charge in [0.1, 0.15) is 11.4 Å². The second-order valence-electron chi connectivity index (χ2n) is 8.77. The lowest BCUT2D eigenvalue weighted by atomic mass is 9.71. The number of hydrogen-bond donors (Lipinski definition) is 3. The van der Waals surface area contributed by atoms with Crippen molar-refractivity contribution in [2.45, 2.75) is 35.8 Å². The molecule has 1 aliphatic carbocycles. The zero-order chi connectivity index (χ0) is 25.2. The highest BCUT2D eigenvalue weighted by atomic mass is 35.5. The molecule has 1 fully saturated rings. The number of ether oxygens (including phenoxy) is 1. The predicted octanol–water partition coefficient (Wildman–Crippen LogP) is 4.48. The van der Waals surface area contributed by atoms with Gasteiger partial charge in [0.25, 0.3) is 0 Å². The average molecular weight is 506 g/mol. The van der Waals surface area contributed by atoms with Crippen LogP contribution in [0.3, 0.4) is 0 Å². The van der Waals surface area contributed by atoms with E-state index in [9.17, 15) is 33.3 Å². The molecule has 1 saturated carbocycles. The summed E-state index contributed by atoms with van der Waals surface area (Å²) in [7, 11) is 0. The Bertz CT molecular complexity index is 1290. The van der Waals surface area contributed by atoms with Crippen molar-refractivity contribution >= 4 is 17.6 Å². The molecule has 0 spiro atoms. The van der Waals surface area contributed by atoms with Gasteiger partial charge in [-0.1, -0.05) is 54.1 Å². The molecule has 182 valence electrons.